The predicted octanol–water partition coefficient (Wildman–Crippen LogP) is 1.01. The highest BCUT2D eigenvalue weighted by molar-refractivity contribution is 8.12. The molecular formula is C24H38N23P5S5. The van der Waals surface area contributed by atoms with E-state index in [0.717, 1.165) is 33.0 Å². The average Bonchev–Trinajstić information content (AvgIpc) is 3.97. The number of nitrogens with two attached hydrogens (primary N) is 10. The first-order valence-corrected chi connectivity index (χ1v) is 29.7. The fourth-order valence-corrected chi connectivity index (χ4v) is 8.92. The standard InChI is InChI=1S/C8H10N3PS.C7H9N4PS.C6H8N5PS.C2H6N5PS.CH5N6PS/c9-12(10,13)11-6-5-7-3-1-2-4-8(7)11;8-12(9,13)11-5-10-6-3-1-2-4-7(6)11;7-12(8,13)11-6-4-2-1-3-5(6)9-10-11;3-8(4,9)7-2-5-1-6-7;2-8(3,9)7-1-4-5-6-7/h1-6H,(H4,9,10,13);1-5H,(H4,8,9,13);1-4H,(H4,7,8,13);1-2H,(H4,3,4,9);1H,(H4,2,3,9). The van der Waals surface area contributed by atoms with Gasteiger partial charge in [-0.05, 0) is 111 Å². The van der Waals surface area contributed by atoms with Crippen molar-refractivity contribution in [2.45, 2.75) is 0 Å². The van der Waals surface area contributed by atoms with E-state index in [1.807, 2.05) is 85.1 Å². The Labute approximate surface area is 350 Å². The van der Waals surface area contributed by atoms with E-state index in [0.29, 0.717) is 0 Å². The predicted molar refractivity (Wildman–Crippen MR) is 247 cm³/mol. The first-order valence-electron chi connectivity index (χ1n) is 15.2. The fourth-order valence-electron chi connectivity index (χ4n) is 4.29. The summed E-state index contributed by atoms with van der Waals surface area (Å²) in [5.41, 5.74) is 59.8. The average molecular weight is 964 g/mol. The quantitative estimate of drug-likeness (QED) is 0.108. The minimum absolute atomic E-state index is 0.757. The number of para-hydroxylation sites is 4. The normalized spacial score (nSPS) is 12.0. The molecule has 20 N–H and O–H groups in total. The van der Waals surface area contributed by atoms with Gasteiger partial charge < -0.3 is 0 Å². The molecule has 0 saturated carbocycles. The lowest BCUT2D eigenvalue weighted by atomic mass is 10.3. The van der Waals surface area contributed by atoms with E-state index >= 15 is 0 Å². The lowest BCUT2D eigenvalue weighted by Gasteiger charge is -2.13. The molecule has 0 aliphatic rings. The van der Waals surface area contributed by atoms with Gasteiger partial charge in [0.15, 0.2) is 32.4 Å². The third-order valence-corrected chi connectivity index (χ3v) is 13.8. The van der Waals surface area contributed by atoms with Crippen LogP contribution in [0.25, 0.3) is 33.0 Å². The van der Waals surface area contributed by atoms with Crippen LogP contribution in [0, 0.1) is 0 Å². The van der Waals surface area contributed by atoms with Crippen molar-refractivity contribution < 1.29 is 0 Å². The van der Waals surface area contributed by atoms with Crippen LogP contribution in [0.5, 0.6) is 0 Å². The zero-order valence-corrected chi connectivity index (χ0v) is 37.8. The Balaban J connectivity index is 0.000000160. The molecule has 5 heterocycles. The number of imidazole rings is 1. The van der Waals surface area contributed by atoms with E-state index in [1.54, 1.807) is 15.0 Å². The number of tetrazole rings is 1. The molecule has 304 valence electrons. The van der Waals surface area contributed by atoms with Crippen LogP contribution in [-0.2, 0) is 59.0 Å². The Morgan fingerprint density at radius 3 is 1.54 bits per heavy atom. The molecule has 0 saturated heterocycles. The van der Waals surface area contributed by atoms with Crippen LogP contribution in [0.15, 0.2) is 110 Å². The van der Waals surface area contributed by atoms with Crippen molar-refractivity contribution in [2.75, 3.05) is 0 Å². The van der Waals surface area contributed by atoms with E-state index in [4.69, 9.17) is 114 Å². The van der Waals surface area contributed by atoms with Crippen molar-refractivity contribution in [2.24, 2.45) is 55.0 Å². The summed E-state index contributed by atoms with van der Waals surface area (Å²) in [4.78, 5) is 7.79. The first kappa shape index (κ1) is 46.8. The number of hydrogen-bond acceptors (Lipinski definition) is 13. The van der Waals surface area contributed by atoms with Gasteiger partial charge in [0.2, 0.25) is 0 Å². The van der Waals surface area contributed by atoms with Gasteiger partial charge >= 0.3 is 0 Å². The maximum atomic E-state index is 5.73. The second-order valence-electron chi connectivity index (χ2n) is 11.2. The molecule has 5 aromatic heterocycles. The largest absolute Gasteiger partial charge is 0.296 e. The molecule has 0 bridgehead atoms. The maximum absolute atomic E-state index is 5.73. The molecule has 23 nitrogen and oxygen atoms in total. The lowest BCUT2D eigenvalue weighted by molar-refractivity contribution is 0.842. The van der Waals surface area contributed by atoms with E-state index < -0.39 is 32.4 Å². The summed E-state index contributed by atoms with van der Waals surface area (Å²) in [5, 5.41) is 22.6. The van der Waals surface area contributed by atoms with Crippen LogP contribution in [0.1, 0.15) is 0 Å². The number of rotatable bonds is 5. The minimum atomic E-state index is -2.54. The first-order chi connectivity index (χ1) is 26.5. The zero-order chi connectivity index (χ0) is 42.2. The van der Waals surface area contributed by atoms with Crippen molar-refractivity contribution in [3.63, 3.8) is 0 Å². The molecule has 0 aliphatic heterocycles. The van der Waals surface area contributed by atoms with Gasteiger partial charge in [-0.25, -0.2) is 9.97 Å². The molecule has 0 spiro atoms. The highest BCUT2D eigenvalue weighted by Gasteiger charge is 2.13. The highest BCUT2D eigenvalue weighted by Crippen LogP contribution is 2.34. The molecule has 0 aliphatic carbocycles. The molecule has 0 amide bonds. The molecular weight excluding hydrogens is 926 g/mol. The second-order valence-corrected chi connectivity index (χ2v) is 28.7. The smallest absolute Gasteiger partial charge is 0.182 e. The summed E-state index contributed by atoms with van der Waals surface area (Å²) >= 11 is 24.5. The lowest BCUT2D eigenvalue weighted by Crippen LogP contribution is -2.14. The van der Waals surface area contributed by atoms with Gasteiger partial charge in [0.25, 0.3) is 0 Å². The number of nitrogens with zero attached hydrogens (tertiary/aromatic N) is 13. The van der Waals surface area contributed by atoms with Crippen molar-refractivity contribution in [3.05, 3.63) is 110 Å². The molecule has 33 heteroatoms. The third kappa shape index (κ3) is 13.6. The Morgan fingerprint density at radius 1 is 0.491 bits per heavy atom. The summed E-state index contributed by atoms with van der Waals surface area (Å²) in [5.74, 6) is 0. The van der Waals surface area contributed by atoms with E-state index in [1.165, 1.54) is 32.3 Å². The Hall–Kier alpha value is -2.87. The number of hydrogen-bond donors (Lipinski definition) is 10. The molecule has 3 aromatic carbocycles. The number of aromatic nitrogens is 13. The van der Waals surface area contributed by atoms with Gasteiger partial charge in [0.05, 0.1) is 22.1 Å². The van der Waals surface area contributed by atoms with Gasteiger partial charge in [-0.3, -0.25) is 63.7 Å². The summed E-state index contributed by atoms with van der Waals surface area (Å²) < 4.78 is 7.40. The van der Waals surface area contributed by atoms with Crippen LogP contribution in [0.4, 0.5) is 0 Å². The van der Waals surface area contributed by atoms with Crippen molar-refractivity contribution in [1.29, 1.82) is 0 Å². The van der Waals surface area contributed by atoms with Crippen molar-refractivity contribution >= 4 is 124 Å². The monoisotopic (exact) mass is 963 g/mol. The topological polar surface area (TPSA) is 388 Å². The number of fused-ring (bicyclic) bond motifs is 3. The zero-order valence-electron chi connectivity index (χ0n) is 29.3. The minimum Gasteiger partial charge on any atom is -0.296 e. The summed E-state index contributed by atoms with van der Waals surface area (Å²) in [6, 6.07) is 24.9. The van der Waals surface area contributed by atoms with Crippen LogP contribution >= 0.6 is 32.4 Å². The molecule has 0 radical (unpaired) electrons. The summed E-state index contributed by atoms with van der Waals surface area (Å²) in [6.45, 7) is -12.2. The SMILES string of the molecule is NP(N)(=S)n1ccc2ccccc21.NP(N)(=S)n1cnc2ccccc21.NP(N)(=S)n1cncn1.NP(N)(=S)n1cnnn1.NP(N)(=S)n1nnc2ccccc21. The summed E-state index contributed by atoms with van der Waals surface area (Å²) in [7, 11) is 0. The van der Waals surface area contributed by atoms with E-state index in [-0.39, 0.29) is 0 Å². The highest BCUT2D eigenvalue weighted by atomic mass is 32.5. The van der Waals surface area contributed by atoms with E-state index in [9.17, 15) is 0 Å². The van der Waals surface area contributed by atoms with E-state index in [2.05, 4.69) is 40.9 Å². The van der Waals surface area contributed by atoms with Gasteiger partial charge in [-0.2, -0.15) is 18.5 Å². The molecule has 0 unspecified atom stereocenters. The molecule has 8 rings (SSSR count). The van der Waals surface area contributed by atoms with Crippen LogP contribution < -0.4 is 55.0 Å². The summed E-state index contributed by atoms with van der Waals surface area (Å²) in [6.07, 6.45) is 7.53. The van der Waals surface area contributed by atoms with Crippen LogP contribution in [0.3, 0.4) is 0 Å². The Kier molecular flexibility index (Phi) is 16.0. The van der Waals surface area contributed by atoms with Crippen LogP contribution in [0.2, 0.25) is 0 Å². The number of benzene rings is 3. The maximum Gasteiger partial charge on any atom is 0.182 e. The third-order valence-electron chi connectivity index (χ3n) is 6.70. The Bertz CT molecular complexity index is 2500. The van der Waals surface area contributed by atoms with Gasteiger partial charge in [0, 0.05) is 6.20 Å². The molecule has 0 fully saturated rings. The van der Waals surface area contributed by atoms with Gasteiger partial charge in [-0.15, -0.1) is 10.2 Å². The van der Waals surface area contributed by atoms with Gasteiger partial charge in [0.1, 0.15) is 30.8 Å². The fraction of sp³-hybridized carbons (Fsp3) is 0. The Morgan fingerprint density at radius 2 is 1.05 bits per heavy atom. The second kappa shape index (κ2) is 19.5. The van der Waals surface area contributed by atoms with Crippen molar-refractivity contribution in [1.82, 2.24) is 62.9 Å². The molecule has 8 aromatic rings. The van der Waals surface area contributed by atoms with Gasteiger partial charge in [-0.1, -0.05) is 47.7 Å². The molecule has 57 heavy (non-hydrogen) atoms. The van der Waals surface area contributed by atoms with Crippen molar-refractivity contribution in [3.8, 4) is 0 Å². The van der Waals surface area contributed by atoms with Crippen LogP contribution in [-0.4, -0.2) is 62.9 Å². The molecule has 0 atom stereocenters.